The van der Waals surface area contributed by atoms with Crippen LogP contribution in [0.25, 0.3) is 10.2 Å². The minimum atomic E-state index is 0.0316. The topological polar surface area (TPSA) is 71.2 Å². The van der Waals surface area contributed by atoms with Crippen LogP contribution in [0, 0.1) is 0 Å². The van der Waals surface area contributed by atoms with E-state index in [0.717, 1.165) is 46.1 Å². The maximum absolute atomic E-state index is 12.2. The molecule has 0 fully saturated rings. The summed E-state index contributed by atoms with van der Waals surface area (Å²) in [5, 5.41) is 4.20. The third-order valence-electron chi connectivity index (χ3n) is 5.32. The number of thiazole rings is 1. The molecule has 0 spiro atoms. The van der Waals surface area contributed by atoms with Gasteiger partial charge in [0.2, 0.25) is 5.91 Å². The van der Waals surface area contributed by atoms with E-state index in [1.807, 2.05) is 36.4 Å². The van der Waals surface area contributed by atoms with Gasteiger partial charge in [0.15, 0.2) is 4.34 Å². The molecule has 1 atom stereocenters. The third-order valence-corrected chi connectivity index (χ3v) is 8.22. The summed E-state index contributed by atoms with van der Waals surface area (Å²) >= 11 is 15.1. The normalized spacial score (nSPS) is 12.4. The number of thioether (sulfide) groups is 1. The summed E-state index contributed by atoms with van der Waals surface area (Å²) in [5.74, 6) is 0.398. The number of nitrogens with two attached hydrogens (primary N) is 1. The Bertz CT molecular complexity index is 1060. The zero-order chi connectivity index (χ0) is 23.1. The number of halogens is 2. The van der Waals surface area contributed by atoms with E-state index in [4.69, 9.17) is 28.9 Å². The number of nitrogens with one attached hydrogen (secondary N) is 1. The van der Waals surface area contributed by atoms with Crippen molar-refractivity contribution in [3.8, 4) is 0 Å². The second kappa shape index (κ2) is 12.1. The molecular weight excluding hydrogens is 483 g/mol. The first-order valence-corrected chi connectivity index (χ1v) is 13.1. The van der Waals surface area contributed by atoms with Crippen molar-refractivity contribution in [2.24, 2.45) is 0 Å². The Kier molecular flexibility index (Phi) is 9.49. The van der Waals surface area contributed by atoms with Crippen LogP contribution >= 0.6 is 46.3 Å². The number of rotatable bonds is 11. The van der Waals surface area contributed by atoms with Crippen LogP contribution in [0.4, 0.5) is 5.69 Å². The van der Waals surface area contributed by atoms with Crippen LogP contribution in [-0.2, 0) is 11.2 Å². The average molecular weight is 512 g/mol. The highest BCUT2D eigenvalue weighted by Gasteiger charge is 2.11. The Hall–Kier alpha value is -1.51. The van der Waals surface area contributed by atoms with Gasteiger partial charge in [-0.1, -0.05) is 41.0 Å². The fraction of sp³-hybridized carbons (Fsp3) is 0.391. The maximum Gasteiger partial charge on any atom is 0.230 e. The second-order valence-electron chi connectivity index (χ2n) is 7.82. The lowest BCUT2D eigenvalue weighted by molar-refractivity contribution is -0.118. The van der Waals surface area contributed by atoms with Crippen molar-refractivity contribution in [1.82, 2.24) is 15.2 Å². The van der Waals surface area contributed by atoms with Gasteiger partial charge in [0, 0.05) is 18.3 Å². The molecule has 0 bridgehead atoms. The molecule has 0 saturated heterocycles. The molecule has 32 heavy (non-hydrogen) atoms. The Morgan fingerprint density at radius 3 is 2.84 bits per heavy atom. The fourth-order valence-electron chi connectivity index (χ4n) is 3.23. The summed E-state index contributed by atoms with van der Waals surface area (Å²) < 4.78 is 1.93. The Morgan fingerprint density at radius 2 is 2.06 bits per heavy atom. The number of hydrogen-bond acceptors (Lipinski definition) is 6. The second-order valence-corrected chi connectivity index (χ2v) is 10.9. The minimum Gasteiger partial charge on any atom is -0.399 e. The highest BCUT2D eigenvalue weighted by atomic mass is 35.5. The van der Waals surface area contributed by atoms with E-state index < -0.39 is 0 Å². The van der Waals surface area contributed by atoms with E-state index in [-0.39, 0.29) is 5.91 Å². The number of benzene rings is 2. The molecule has 1 unspecified atom stereocenters. The predicted octanol–water partition coefficient (Wildman–Crippen LogP) is 5.74. The lowest BCUT2D eigenvalue weighted by Crippen LogP contribution is -2.33. The van der Waals surface area contributed by atoms with Gasteiger partial charge in [0.1, 0.15) is 0 Å². The van der Waals surface area contributed by atoms with E-state index in [2.05, 4.69) is 29.2 Å². The summed E-state index contributed by atoms with van der Waals surface area (Å²) in [7, 11) is 2.12. The summed E-state index contributed by atoms with van der Waals surface area (Å²) in [6.45, 7) is 3.81. The number of hydrogen-bond donors (Lipinski definition) is 2. The van der Waals surface area contributed by atoms with E-state index in [9.17, 15) is 4.79 Å². The molecule has 3 rings (SSSR count). The van der Waals surface area contributed by atoms with Crippen molar-refractivity contribution in [3.63, 3.8) is 0 Å². The molecule has 1 amide bonds. The number of carbonyl (C=O) groups is 1. The van der Waals surface area contributed by atoms with Crippen molar-refractivity contribution in [3.05, 3.63) is 52.0 Å². The number of nitrogen functional groups attached to an aromatic ring is 1. The fourth-order valence-corrected chi connectivity index (χ4v) is 5.50. The van der Waals surface area contributed by atoms with Crippen molar-refractivity contribution in [2.75, 3.05) is 31.6 Å². The van der Waals surface area contributed by atoms with Gasteiger partial charge in [0.25, 0.3) is 0 Å². The number of fused-ring (bicyclic) bond motifs is 1. The van der Waals surface area contributed by atoms with Crippen molar-refractivity contribution in [1.29, 1.82) is 0 Å². The Labute approximate surface area is 207 Å². The van der Waals surface area contributed by atoms with Gasteiger partial charge >= 0.3 is 0 Å². The molecule has 0 aliphatic rings. The Morgan fingerprint density at radius 1 is 1.25 bits per heavy atom. The van der Waals surface area contributed by atoms with Gasteiger partial charge in [-0.2, -0.15) is 0 Å². The number of aryl methyl sites for hydroxylation is 1. The standard InChI is InChI=1S/C23H28Cl2N4OS2/c1-15(4-5-16-6-8-18(24)19(25)12-16)29(2)11-3-10-27-22(30)14-31-23-28-20-9-7-17(26)13-21(20)32-23/h6-9,12-13,15H,3-5,10-11,14,26H2,1-2H3,(H,27,30). The van der Waals surface area contributed by atoms with Gasteiger partial charge in [-0.15, -0.1) is 11.3 Å². The van der Waals surface area contributed by atoms with Crippen LogP contribution in [0.1, 0.15) is 25.3 Å². The highest BCUT2D eigenvalue weighted by molar-refractivity contribution is 8.01. The summed E-state index contributed by atoms with van der Waals surface area (Å²) in [5.41, 5.74) is 8.65. The first kappa shape index (κ1) is 25.1. The van der Waals surface area contributed by atoms with Crippen LogP contribution in [0.3, 0.4) is 0 Å². The first-order chi connectivity index (χ1) is 15.3. The van der Waals surface area contributed by atoms with Crippen LogP contribution < -0.4 is 11.1 Å². The monoisotopic (exact) mass is 510 g/mol. The molecule has 0 aliphatic heterocycles. The molecule has 3 aromatic rings. The van der Waals surface area contributed by atoms with E-state index in [0.29, 0.717) is 28.4 Å². The quantitative estimate of drug-likeness (QED) is 0.195. The van der Waals surface area contributed by atoms with E-state index in [1.165, 1.54) is 17.3 Å². The number of amides is 1. The smallest absolute Gasteiger partial charge is 0.230 e. The van der Waals surface area contributed by atoms with Crippen LogP contribution in [0.15, 0.2) is 40.7 Å². The molecule has 5 nitrogen and oxygen atoms in total. The van der Waals surface area contributed by atoms with Gasteiger partial charge < -0.3 is 16.0 Å². The average Bonchev–Trinajstić information content (AvgIpc) is 3.17. The molecule has 0 saturated carbocycles. The summed E-state index contributed by atoms with van der Waals surface area (Å²) in [6.07, 6.45) is 2.89. The first-order valence-electron chi connectivity index (χ1n) is 10.5. The largest absolute Gasteiger partial charge is 0.399 e. The van der Waals surface area contributed by atoms with Crippen LogP contribution in [0.2, 0.25) is 10.0 Å². The molecule has 0 aliphatic carbocycles. The predicted molar refractivity (Wildman–Crippen MR) is 139 cm³/mol. The molecule has 1 aromatic heterocycles. The third kappa shape index (κ3) is 7.52. The molecule has 1 heterocycles. The van der Waals surface area contributed by atoms with Gasteiger partial charge in [0.05, 0.1) is 26.0 Å². The Balaban J connectivity index is 1.31. The molecule has 3 N–H and O–H groups in total. The molecule has 9 heteroatoms. The number of carbonyl (C=O) groups excluding carboxylic acids is 1. The highest BCUT2D eigenvalue weighted by Crippen LogP contribution is 2.30. The van der Waals surface area contributed by atoms with Crippen molar-refractivity contribution < 1.29 is 4.79 Å². The molecular formula is C23H28Cl2N4OS2. The van der Waals surface area contributed by atoms with Gasteiger partial charge in [-0.25, -0.2) is 4.98 Å². The number of aromatic nitrogens is 1. The van der Waals surface area contributed by atoms with E-state index in [1.54, 1.807) is 11.3 Å². The molecule has 0 radical (unpaired) electrons. The lowest BCUT2D eigenvalue weighted by Gasteiger charge is -2.24. The minimum absolute atomic E-state index is 0.0316. The van der Waals surface area contributed by atoms with Gasteiger partial charge in [-0.05, 0) is 75.7 Å². The van der Waals surface area contributed by atoms with Crippen LogP contribution in [-0.4, -0.2) is 47.7 Å². The maximum atomic E-state index is 12.2. The van der Waals surface area contributed by atoms with Crippen molar-refractivity contribution >= 4 is 68.1 Å². The number of anilines is 1. The zero-order valence-electron chi connectivity index (χ0n) is 18.2. The lowest BCUT2D eigenvalue weighted by atomic mass is 10.1. The van der Waals surface area contributed by atoms with E-state index >= 15 is 0 Å². The summed E-state index contributed by atoms with van der Waals surface area (Å²) in [6, 6.07) is 11.9. The van der Waals surface area contributed by atoms with Gasteiger partial charge in [-0.3, -0.25) is 4.79 Å². The summed E-state index contributed by atoms with van der Waals surface area (Å²) in [4.78, 5) is 19.0. The zero-order valence-corrected chi connectivity index (χ0v) is 21.4. The SMILES string of the molecule is CC(CCc1ccc(Cl)c(Cl)c1)N(C)CCCNC(=O)CSc1nc2ccc(N)cc2s1. The molecule has 2 aromatic carbocycles. The van der Waals surface area contributed by atoms with Crippen molar-refractivity contribution in [2.45, 2.75) is 36.6 Å². The number of nitrogens with zero attached hydrogens (tertiary/aromatic N) is 2. The van der Waals surface area contributed by atoms with Crippen LogP contribution in [0.5, 0.6) is 0 Å². The molecule has 172 valence electrons.